The lowest BCUT2D eigenvalue weighted by atomic mass is 9.68. The van der Waals surface area contributed by atoms with Gasteiger partial charge < -0.3 is 9.47 Å². The van der Waals surface area contributed by atoms with Gasteiger partial charge in [-0.15, -0.1) is 0 Å². The summed E-state index contributed by atoms with van der Waals surface area (Å²) in [5.74, 6) is 1.32. The Balaban J connectivity index is 2.32. The van der Waals surface area contributed by atoms with Crippen LogP contribution in [0.4, 0.5) is 0 Å². The summed E-state index contributed by atoms with van der Waals surface area (Å²) in [5.41, 5.74) is 0.315. The highest BCUT2D eigenvalue weighted by Gasteiger charge is 2.34. The second-order valence-corrected chi connectivity index (χ2v) is 6.39. The molecule has 1 rings (SSSR count). The Morgan fingerprint density at radius 3 is 2.56 bits per heavy atom. The molecule has 106 valence electrons. The van der Waals surface area contributed by atoms with E-state index in [0.717, 1.165) is 25.7 Å². The van der Waals surface area contributed by atoms with Crippen molar-refractivity contribution in [3.63, 3.8) is 0 Å². The summed E-state index contributed by atoms with van der Waals surface area (Å²) in [6.45, 7) is 8.76. The number of ketones is 1. The Morgan fingerprint density at radius 2 is 1.94 bits per heavy atom. The Bertz CT molecular complexity index is 255. The highest BCUT2D eigenvalue weighted by atomic mass is 16.5. The zero-order valence-corrected chi connectivity index (χ0v) is 12.3. The molecule has 0 amide bonds. The average molecular weight is 256 g/mol. The van der Waals surface area contributed by atoms with Crippen LogP contribution in [0, 0.1) is 17.3 Å². The molecular formula is C15H28O3. The lowest BCUT2D eigenvalue weighted by molar-refractivity contribution is -0.127. The number of carbonyl (C=O) groups excluding carboxylic acids is 1. The molecule has 0 spiro atoms. The fourth-order valence-electron chi connectivity index (χ4n) is 2.65. The van der Waals surface area contributed by atoms with E-state index >= 15 is 0 Å². The molecule has 0 bridgehead atoms. The minimum atomic E-state index is 0.213. The second-order valence-electron chi connectivity index (χ2n) is 6.39. The third-order valence-electron chi connectivity index (χ3n) is 4.03. The van der Waals surface area contributed by atoms with Crippen LogP contribution < -0.4 is 0 Å². The van der Waals surface area contributed by atoms with Crippen LogP contribution in [-0.2, 0) is 14.3 Å². The summed E-state index contributed by atoms with van der Waals surface area (Å²) < 4.78 is 10.4. The predicted molar refractivity (Wildman–Crippen MR) is 72.6 cm³/mol. The Hall–Kier alpha value is -0.410. The first-order valence-corrected chi connectivity index (χ1v) is 7.04. The maximum absolute atomic E-state index is 11.9. The summed E-state index contributed by atoms with van der Waals surface area (Å²) in [6, 6.07) is 0. The van der Waals surface area contributed by atoms with Crippen LogP contribution in [0.3, 0.4) is 0 Å². The molecule has 0 N–H and O–H groups in total. The van der Waals surface area contributed by atoms with E-state index in [9.17, 15) is 4.79 Å². The van der Waals surface area contributed by atoms with Crippen LogP contribution >= 0.6 is 0 Å². The molecule has 3 nitrogen and oxygen atoms in total. The average Bonchev–Trinajstić information content (AvgIpc) is 2.29. The highest BCUT2D eigenvalue weighted by Crippen LogP contribution is 2.39. The summed E-state index contributed by atoms with van der Waals surface area (Å²) in [7, 11) is 1.67. The van der Waals surface area contributed by atoms with Gasteiger partial charge in [0.2, 0.25) is 0 Å². The van der Waals surface area contributed by atoms with Crippen molar-refractivity contribution in [3.05, 3.63) is 0 Å². The Kier molecular flexibility index (Phi) is 6.30. The lowest BCUT2D eigenvalue weighted by Crippen LogP contribution is -2.32. The molecule has 1 fully saturated rings. The molecule has 0 aromatic rings. The first kappa shape index (κ1) is 15.6. The molecule has 3 heteroatoms. The number of rotatable bonds is 6. The van der Waals surface area contributed by atoms with Gasteiger partial charge >= 0.3 is 0 Å². The molecule has 0 radical (unpaired) electrons. The van der Waals surface area contributed by atoms with Gasteiger partial charge in [0.1, 0.15) is 5.78 Å². The van der Waals surface area contributed by atoms with E-state index in [1.807, 2.05) is 0 Å². The molecule has 18 heavy (non-hydrogen) atoms. The third-order valence-corrected chi connectivity index (χ3v) is 4.03. The van der Waals surface area contributed by atoms with Crippen LogP contribution in [0.2, 0.25) is 0 Å². The van der Waals surface area contributed by atoms with E-state index < -0.39 is 0 Å². The van der Waals surface area contributed by atoms with E-state index in [1.165, 1.54) is 0 Å². The lowest BCUT2D eigenvalue weighted by Gasteiger charge is -2.37. The number of Topliss-reactive ketones (excluding diaryl/α,β-unsaturated/α-hetero) is 1. The van der Waals surface area contributed by atoms with Crippen LogP contribution in [-0.4, -0.2) is 32.7 Å². The van der Waals surface area contributed by atoms with Crippen LogP contribution in [0.1, 0.15) is 46.5 Å². The largest absolute Gasteiger partial charge is 0.382 e. The highest BCUT2D eigenvalue weighted by molar-refractivity contribution is 5.81. The Labute approximate surface area is 111 Å². The summed E-state index contributed by atoms with van der Waals surface area (Å²) in [5, 5.41) is 0. The minimum Gasteiger partial charge on any atom is -0.382 e. The first-order chi connectivity index (χ1) is 8.45. The maximum Gasteiger partial charge on any atom is 0.136 e. The maximum atomic E-state index is 11.9. The van der Waals surface area contributed by atoms with Gasteiger partial charge in [-0.1, -0.05) is 20.8 Å². The SMILES string of the molecule is COCCOCCC1CC(C(C)(C)C)CCC1=O. The predicted octanol–water partition coefficient (Wildman–Crippen LogP) is 3.07. The van der Waals surface area contributed by atoms with Gasteiger partial charge in [0.15, 0.2) is 0 Å². The zero-order chi connectivity index (χ0) is 13.6. The fourth-order valence-corrected chi connectivity index (χ4v) is 2.65. The first-order valence-electron chi connectivity index (χ1n) is 7.04. The van der Waals surface area contributed by atoms with Crippen LogP contribution in [0.15, 0.2) is 0 Å². The number of hydrogen-bond acceptors (Lipinski definition) is 3. The molecule has 1 saturated carbocycles. The molecule has 0 aliphatic heterocycles. The van der Waals surface area contributed by atoms with E-state index in [1.54, 1.807) is 7.11 Å². The van der Waals surface area contributed by atoms with E-state index in [4.69, 9.17) is 9.47 Å². The van der Waals surface area contributed by atoms with Crippen LogP contribution in [0.25, 0.3) is 0 Å². The van der Waals surface area contributed by atoms with Crippen molar-refractivity contribution in [2.24, 2.45) is 17.3 Å². The van der Waals surface area contributed by atoms with Crippen molar-refractivity contribution in [1.29, 1.82) is 0 Å². The van der Waals surface area contributed by atoms with Crippen LogP contribution in [0.5, 0.6) is 0 Å². The number of carbonyl (C=O) groups is 1. The minimum absolute atomic E-state index is 0.213. The molecular weight excluding hydrogens is 228 g/mol. The molecule has 2 unspecified atom stereocenters. The smallest absolute Gasteiger partial charge is 0.136 e. The molecule has 0 aromatic heterocycles. The van der Waals surface area contributed by atoms with Gasteiger partial charge in [0.05, 0.1) is 13.2 Å². The number of hydrogen-bond donors (Lipinski definition) is 0. The van der Waals surface area contributed by atoms with E-state index in [-0.39, 0.29) is 5.92 Å². The van der Waals surface area contributed by atoms with E-state index in [0.29, 0.717) is 36.9 Å². The van der Waals surface area contributed by atoms with Crippen molar-refractivity contribution in [1.82, 2.24) is 0 Å². The summed E-state index contributed by atoms with van der Waals surface area (Å²) >= 11 is 0. The van der Waals surface area contributed by atoms with Gasteiger partial charge in [0, 0.05) is 26.1 Å². The fraction of sp³-hybridized carbons (Fsp3) is 0.933. The quantitative estimate of drug-likeness (QED) is 0.685. The summed E-state index contributed by atoms with van der Waals surface area (Å²) in [4.78, 5) is 11.9. The molecule has 1 aliphatic carbocycles. The van der Waals surface area contributed by atoms with Gasteiger partial charge in [-0.05, 0) is 30.6 Å². The van der Waals surface area contributed by atoms with Crippen molar-refractivity contribution in [2.45, 2.75) is 46.5 Å². The standard InChI is InChI=1S/C15H28O3/c1-15(2,3)13-5-6-14(16)12(11-13)7-8-18-10-9-17-4/h12-13H,5-11H2,1-4H3. The zero-order valence-electron chi connectivity index (χ0n) is 12.3. The monoisotopic (exact) mass is 256 g/mol. The molecule has 2 atom stereocenters. The van der Waals surface area contributed by atoms with Crippen molar-refractivity contribution < 1.29 is 14.3 Å². The van der Waals surface area contributed by atoms with Gasteiger partial charge in [-0.25, -0.2) is 0 Å². The molecule has 0 heterocycles. The number of methoxy groups -OCH3 is 1. The van der Waals surface area contributed by atoms with Crippen molar-refractivity contribution in [2.75, 3.05) is 26.9 Å². The number of ether oxygens (including phenoxy) is 2. The van der Waals surface area contributed by atoms with Crippen molar-refractivity contribution >= 4 is 5.78 Å². The second kappa shape index (κ2) is 7.25. The topological polar surface area (TPSA) is 35.5 Å². The van der Waals surface area contributed by atoms with E-state index in [2.05, 4.69) is 20.8 Å². The Morgan fingerprint density at radius 1 is 1.22 bits per heavy atom. The summed E-state index contributed by atoms with van der Waals surface area (Å²) in [6.07, 6.45) is 3.72. The molecule has 0 aromatic carbocycles. The van der Waals surface area contributed by atoms with Gasteiger partial charge in [0.25, 0.3) is 0 Å². The van der Waals surface area contributed by atoms with Gasteiger partial charge in [-0.3, -0.25) is 4.79 Å². The van der Waals surface area contributed by atoms with Gasteiger partial charge in [-0.2, -0.15) is 0 Å². The third kappa shape index (κ3) is 5.07. The van der Waals surface area contributed by atoms with Crippen molar-refractivity contribution in [3.8, 4) is 0 Å². The molecule has 0 saturated heterocycles. The molecule has 1 aliphatic rings. The normalized spacial score (nSPS) is 25.4.